The van der Waals surface area contributed by atoms with Gasteiger partial charge in [-0.3, -0.25) is 9.59 Å². The molecule has 1 aliphatic rings. The van der Waals surface area contributed by atoms with Gasteiger partial charge >= 0.3 is 0 Å². The molecule has 2 rings (SSSR count). The van der Waals surface area contributed by atoms with Crippen molar-refractivity contribution in [3.63, 3.8) is 0 Å². The molecule has 2 amide bonds. The van der Waals surface area contributed by atoms with Gasteiger partial charge in [0.25, 0.3) is 0 Å². The molecule has 0 aromatic heterocycles. The number of hydrogen-bond donors (Lipinski definition) is 3. The van der Waals surface area contributed by atoms with Crippen LogP contribution in [0.4, 0.5) is 10.1 Å². The fourth-order valence-corrected chi connectivity index (χ4v) is 2.08. The number of primary amides is 1. The van der Waals surface area contributed by atoms with Crippen LogP contribution in [0.5, 0.6) is 0 Å². The first-order valence-electron chi connectivity index (χ1n) is 6.19. The third-order valence-corrected chi connectivity index (χ3v) is 3.18. The molecular formula is C13H16FN3O2. The Hall–Kier alpha value is -1.95. The van der Waals surface area contributed by atoms with E-state index in [1.54, 1.807) is 0 Å². The van der Waals surface area contributed by atoms with Crippen LogP contribution in [0.15, 0.2) is 18.2 Å². The molecule has 0 saturated carbocycles. The number of amides is 2. The van der Waals surface area contributed by atoms with Gasteiger partial charge in [-0.25, -0.2) is 4.39 Å². The molecule has 0 spiro atoms. The van der Waals surface area contributed by atoms with Crippen molar-refractivity contribution in [3.05, 3.63) is 29.6 Å². The Morgan fingerprint density at radius 3 is 2.84 bits per heavy atom. The van der Waals surface area contributed by atoms with Crippen LogP contribution in [0.25, 0.3) is 0 Å². The van der Waals surface area contributed by atoms with Gasteiger partial charge in [-0.15, -0.1) is 0 Å². The topological polar surface area (TPSA) is 84.2 Å². The molecule has 1 saturated heterocycles. The number of halogens is 1. The molecule has 0 unspecified atom stereocenters. The highest BCUT2D eigenvalue weighted by Gasteiger charge is 2.22. The number of hydrogen-bond acceptors (Lipinski definition) is 3. The van der Waals surface area contributed by atoms with Crippen molar-refractivity contribution < 1.29 is 14.0 Å². The maximum atomic E-state index is 13.6. The van der Waals surface area contributed by atoms with E-state index >= 15 is 0 Å². The Morgan fingerprint density at radius 2 is 2.21 bits per heavy atom. The lowest BCUT2D eigenvalue weighted by atomic mass is 9.98. The standard InChI is InChI=1S/C13H16FN3O2/c14-10-4-3-8(12(15)18)6-11(10)17-13(19)9-2-1-5-16-7-9/h3-4,6,9,16H,1-2,5,7H2,(H2,15,18)(H,17,19)/t9-/m1/s1. The third-order valence-electron chi connectivity index (χ3n) is 3.18. The lowest BCUT2D eigenvalue weighted by molar-refractivity contribution is -0.120. The van der Waals surface area contributed by atoms with Gasteiger partial charge < -0.3 is 16.4 Å². The average Bonchev–Trinajstić information content (AvgIpc) is 2.42. The van der Waals surface area contributed by atoms with Crippen molar-refractivity contribution in [3.8, 4) is 0 Å². The highest BCUT2D eigenvalue weighted by Crippen LogP contribution is 2.18. The second kappa shape index (κ2) is 5.79. The summed E-state index contributed by atoms with van der Waals surface area (Å²) in [5.74, 6) is -1.66. The second-order valence-electron chi connectivity index (χ2n) is 4.59. The van der Waals surface area contributed by atoms with Crippen molar-refractivity contribution in [1.29, 1.82) is 0 Å². The number of anilines is 1. The van der Waals surface area contributed by atoms with E-state index in [0.29, 0.717) is 6.54 Å². The highest BCUT2D eigenvalue weighted by atomic mass is 19.1. The Labute approximate surface area is 110 Å². The monoisotopic (exact) mass is 265 g/mol. The largest absolute Gasteiger partial charge is 0.366 e. The number of rotatable bonds is 3. The van der Waals surface area contributed by atoms with E-state index in [2.05, 4.69) is 10.6 Å². The van der Waals surface area contributed by atoms with Gasteiger partial charge in [-0.05, 0) is 37.6 Å². The summed E-state index contributed by atoms with van der Waals surface area (Å²) in [6.07, 6.45) is 1.69. The summed E-state index contributed by atoms with van der Waals surface area (Å²) < 4.78 is 13.6. The van der Waals surface area contributed by atoms with Gasteiger partial charge in [0.15, 0.2) is 0 Å². The van der Waals surface area contributed by atoms with Crippen LogP contribution in [0.1, 0.15) is 23.2 Å². The van der Waals surface area contributed by atoms with Gasteiger partial charge in [0.2, 0.25) is 11.8 Å². The molecule has 6 heteroatoms. The quantitative estimate of drug-likeness (QED) is 0.758. The number of nitrogens with one attached hydrogen (secondary N) is 2. The molecule has 5 nitrogen and oxygen atoms in total. The lowest BCUT2D eigenvalue weighted by Crippen LogP contribution is -2.37. The van der Waals surface area contributed by atoms with Gasteiger partial charge in [-0.1, -0.05) is 0 Å². The summed E-state index contributed by atoms with van der Waals surface area (Å²) in [5.41, 5.74) is 5.28. The Balaban J connectivity index is 2.11. The van der Waals surface area contributed by atoms with Crippen LogP contribution in [-0.4, -0.2) is 24.9 Å². The minimum absolute atomic E-state index is 0.00752. The van der Waals surface area contributed by atoms with Gasteiger partial charge in [0, 0.05) is 12.1 Å². The molecular weight excluding hydrogens is 249 g/mol. The minimum Gasteiger partial charge on any atom is -0.366 e. The zero-order valence-corrected chi connectivity index (χ0v) is 10.4. The first kappa shape index (κ1) is 13.5. The molecule has 0 radical (unpaired) electrons. The summed E-state index contributed by atoms with van der Waals surface area (Å²) in [6, 6.07) is 3.66. The summed E-state index contributed by atoms with van der Waals surface area (Å²) in [6.45, 7) is 1.48. The van der Waals surface area contributed by atoms with E-state index in [9.17, 15) is 14.0 Å². The smallest absolute Gasteiger partial charge is 0.248 e. The molecule has 1 fully saturated rings. The molecule has 1 aromatic rings. The van der Waals surface area contributed by atoms with Crippen molar-refractivity contribution >= 4 is 17.5 Å². The molecule has 19 heavy (non-hydrogen) atoms. The molecule has 1 aromatic carbocycles. The van der Waals surface area contributed by atoms with Gasteiger partial charge in [0.05, 0.1) is 11.6 Å². The van der Waals surface area contributed by atoms with Crippen LogP contribution in [-0.2, 0) is 4.79 Å². The minimum atomic E-state index is -0.658. The summed E-state index contributed by atoms with van der Waals surface area (Å²) in [7, 11) is 0. The third kappa shape index (κ3) is 3.29. The van der Waals surface area contributed by atoms with Crippen LogP contribution >= 0.6 is 0 Å². The predicted molar refractivity (Wildman–Crippen MR) is 69.1 cm³/mol. The van der Waals surface area contributed by atoms with Crippen LogP contribution in [0, 0.1) is 11.7 Å². The van der Waals surface area contributed by atoms with E-state index in [0.717, 1.165) is 25.5 Å². The van der Waals surface area contributed by atoms with Crippen LogP contribution in [0.3, 0.4) is 0 Å². The van der Waals surface area contributed by atoms with Gasteiger partial charge in [0.1, 0.15) is 5.82 Å². The second-order valence-corrected chi connectivity index (χ2v) is 4.59. The maximum Gasteiger partial charge on any atom is 0.248 e. The summed E-state index contributed by atoms with van der Waals surface area (Å²) in [4.78, 5) is 23.0. The first-order valence-corrected chi connectivity index (χ1v) is 6.19. The van der Waals surface area contributed by atoms with Crippen molar-refractivity contribution in [2.45, 2.75) is 12.8 Å². The SMILES string of the molecule is NC(=O)c1ccc(F)c(NC(=O)[C@@H]2CCCNC2)c1. The Morgan fingerprint density at radius 1 is 1.42 bits per heavy atom. The average molecular weight is 265 g/mol. The van der Waals surface area contributed by atoms with Crippen molar-refractivity contribution in [2.75, 3.05) is 18.4 Å². The fraction of sp³-hybridized carbons (Fsp3) is 0.385. The normalized spacial score (nSPS) is 18.9. The zero-order valence-electron chi connectivity index (χ0n) is 10.4. The Bertz CT molecular complexity index is 499. The van der Waals surface area contributed by atoms with E-state index < -0.39 is 11.7 Å². The Kier molecular flexibility index (Phi) is 4.11. The van der Waals surface area contributed by atoms with E-state index in [4.69, 9.17) is 5.73 Å². The van der Waals surface area contributed by atoms with E-state index in [-0.39, 0.29) is 23.1 Å². The summed E-state index contributed by atoms with van der Waals surface area (Å²) in [5, 5.41) is 5.63. The lowest BCUT2D eigenvalue weighted by Gasteiger charge is -2.22. The molecule has 0 bridgehead atoms. The van der Waals surface area contributed by atoms with Crippen LogP contribution < -0.4 is 16.4 Å². The number of piperidine rings is 1. The molecule has 0 aliphatic carbocycles. The summed E-state index contributed by atoms with van der Waals surface area (Å²) >= 11 is 0. The highest BCUT2D eigenvalue weighted by molar-refractivity contribution is 5.97. The molecule has 1 atom stereocenters. The number of carbonyl (C=O) groups excluding carboxylic acids is 2. The van der Waals surface area contributed by atoms with Gasteiger partial charge in [-0.2, -0.15) is 0 Å². The molecule has 1 heterocycles. The maximum absolute atomic E-state index is 13.6. The fourth-order valence-electron chi connectivity index (χ4n) is 2.08. The molecule has 102 valence electrons. The molecule has 1 aliphatic heterocycles. The number of nitrogens with two attached hydrogens (primary N) is 1. The van der Waals surface area contributed by atoms with Crippen molar-refractivity contribution in [1.82, 2.24) is 5.32 Å². The number of carbonyl (C=O) groups is 2. The zero-order chi connectivity index (χ0) is 13.8. The van der Waals surface area contributed by atoms with E-state index in [1.807, 2.05) is 0 Å². The number of benzene rings is 1. The van der Waals surface area contributed by atoms with Crippen LogP contribution in [0.2, 0.25) is 0 Å². The first-order chi connectivity index (χ1) is 9.08. The van der Waals surface area contributed by atoms with E-state index in [1.165, 1.54) is 12.1 Å². The predicted octanol–water partition coefficient (Wildman–Crippen LogP) is 0.863. The molecule has 4 N–H and O–H groups in total. The van der Waals surface area contributed by atoms with Crippen molar-refractivity contribution in [2.24, 2.45) is 11.7 Å².